The fourth-order valence-corrected chi connectivity index (χ4v) is 3.69. The molecule has 9 nitrogen and oxygen atoms in total. The van der Waals surface area contributed by atoms with E-state index in [2.05, 4.69) is 37.9 Å². The van der Waals surface area contributed by atoms with Crippen molar-refractivity contribution in [2.45, 2.75) is 65.0 Å². The topological polar surface area (TPSA) is 104 Å². The summed E-state index contributed by atoms with van der Waals surface area (Å²) in [6, 6.07) is 4.33. The summed E-state index contributed by atoms with van der Waals surface area (Å²) in [7, 11) is 2.12. The third-order valence-electron chi connectivity index (χ3n) is 5.28. The van der Waals surface area contributed by atoms with Crippen molar-refractivity contribution in [3.05, 3.63) is 30.1 Å². The number of nitrogens with one attached hydrogen (secondary N) is 3. The second-order valence-electron chi connectivity index (χ2n) is 9.16. The van der Waals surface area contributed by atoms with Crippen LogP contribution in [0.1, 0.15) is 52.0 Å². The molecule has 0 saturated heterocycles. The summed E-state index contributed by atoms with van der Waals surface area (Å²) in [5.41, 5.74) is 1.42. The Morgan fingerprint density at radius 1 is 1.16 bits per heavy atom. The van der Waals surface area contributed by atoms with Crippen LogP contribution in [0, 0.1) is 6.92 Å². The third-order valence-corrected chi connectivity index (χ3v) is 5.28. The minimum atomic E-state index is -0.502. The zero-order chi connectivity index (χ0) is 23.1. The molecular weight excluding hydrogens is 406 g/mol. The highest BCUT2D eigenvalue weighted by Crippen LogP contribution is 2.28. The molecule has 9 heteroatoms. The molecule has 1 aliphatic carbocycles. The molecule has 1 aliphatic rings. The number of pyridine rings is 1. The Morgan fingerprint density at radius 2 is 1.91 bits per heavy atom. The first kappa shape index (κ1) is 23.6. The SMILES string of the molecule is Cc1cnc(Nc2ccc(NCCNC(=O)OC(C)(C)C)cn2)nc1N(C)C1CCCC1. The summed E-state index contributed by atoms with van der Waals surface area (Å²) < 4.78 is 5.21. The maximum absolute atomic E-state index is 11.7. The Labute approximate surface area is 190 Å². The van der Waals surface area contributed by atoms with E-state index in [4.69, 9.17) is 9.72 Å². The summed E-state index contributed by atoms with van der Waals surface area (Å²) in [6.07, 6.45) is 8.15. The first-order valence-electron chi connectivity index (χ1n) is 11.2. The van der Waals surface area contributed by atoms with Gasteiger partial charge in [0.2, 0.25) is 5.95 Å². The number of aromatic nitrogens is 3. The first-order chi connectivity index (χ1) is 15.2. The summed E-state index contributed by atoms with van der Waals surface area (Å²) in [5.74, 6) is 2.16. The Balaban J connectivity index is 1.50. The van der Waals surface area contributed by atoms with Crippen molar-refractivity contribution < 1.29 is 9.53 Å². The number of nitrogens with zero attached hydrogens (tertiary/aromatic N) is 4. The molecule has 0 aromatic carbocycles. The second-order valence-corrected chi connectivity index (χ2v) is 9.16. The van der Waals surface area contributed by atoms with Crippen LogP contribution in [0.4, 0.5) is 28.1 Å². The van der Waals surface area contributed by atoms with E-state index in [-0.39, 0.29) is 0 Å². The maximum atomic E-state index is 11.7. The van der Waals surface area contributed by atoms with Gasteiger partial charge >= 0.3 is 6.09 Å². The summed E-state index contributed by atoms with van der Waals surface area (Å²) >= 11 is 0. The van der Waals surface area contributed by atoms with Crippen LogP contribution >= 0.6 is 0 Å². The van der Waals surface area contributed by atoms with Crippen LogP contribution in [0.15, 0.2) is 24.5 Å². The van der Waals surface area contributed by atoms with E-state index in [0.717, 1.165) is 17.1 Å². The molecule has 0 atom stereocenters. The zero-order valence-corrected chi connectivity index (χ0v) is 19.7. The van der Waals surface area contributed by atoms with Gasteiger partial charge < -0.3 is 25.6 Å². The highest BCUT2D eigenvalue weighted by Gasteiger charge is 2.22. The average Bonchev–Trinajstić information content (AvgIpc) is 3.27. The highest BCUT2D eigenvalue weighted by molar-refractivity contribution is 5.67. The van der Waals surface area contributed by atoms with Gasteiger partial charge in [0.05, 0.1) is 11.9 Å². The van der Waals surface area contributed by atoms with Crippen molar-refractivity contribution in [3.63, 3.8) is 0 Å². The van der Waals surface area contributed by atoms with Crippen molar-refractivity contribution in [2.24, 2.45) is 0 Å². The number of aryl methyl sites for hydroxylation is 1. The van der Waals surface area contributed by atoms with E-state index in [0.29, 0.717) is 30.9 Å². The Kier molecular flexibility index (Phi) is 7.71. The van der Waals surface area contributed by atoms with E-state index in [1.807, 2.05) is 46.0 Å². The van der Waals surface area contributed by atoms with E-state index in [9.17, 15) is 4.79 Å². The number of rotatable bonds is 8. The molecule has 0 radical (unpaired) electrons. The Bertz CT molecular complexity index is 890. The van der Waals surface area contributed by atoms with Crippen molar-refractivity contribution in [1.82, 2.24) is 20.3 Å². The Hall–Kier alpha value is -3.10. The number of hydrogen-bond acceptors (Lipinski definition) is 8. The van der Waals surface area contributed by atoms with Crippen LogP contribution in [0.25, 0.3) is 0 Å². The fraction of sp³-hybridized carbons (Fsp3) is 0.565. The van der Waals surface area contributed by atoms with E-state index in [1.54, 1.807) is 6.20 Å². The van der Waals surface area contributed by atoms with Gasteiger partial charge in [-0.2, -0.15) is 4.98 Å². The summed E-state index contributed by atoms with van der Waals surface area (Å²) in [6.45, 7) is 8.56. The van der Waals surface area contributed by atoms with Gasteiger partial charge in [-0.1, -0.05) is 12.8 Å². The largest absolute Gasteiger partial charge is 0.444 e. The predicted octanol–water partition coefficient (Wildman–Crippen LogP) is 4.24. The van der Waals surface area contributed by atoms with Gasteiger partial charge in [-0.05, 0) is 52.7 Å². The first-order valence-corrected chi connectivity index (χ1v) is 11.2. The third kappa shape index (κ3) is 6.96. The van der Waals surface area contributed by atoms with Crippen LogP contribution in [-0.4, -0.2) is 52.8 Å². The lowest BCUT2D eigenvalue weighted by molar-refractivity contribution is 0.0530. The monoisotopic (exact) mass is 441 g/mol. The highest BCUT2D eigenvalue weighted by atomic mass is 16.6. The standard InChI is InChI=1S/C23H35N7O2/c1-16-14-27-21(29-20(16)30(5)18-8-6-7-9-18)28-19-11-10-17(15-26-19)24-12-13-25-22(31)32-23(2,3)4/h10-11,14-15,18,24H,6-9,12-13H2,1-5H3,(H,25,31)(H,26,27,28,29). The maximum Gasteiger partial charge on any atom is 0.407 e. The number of anilines is 4. The van der Waals surface area contributed by atoms with Crippen LogP contribution in [0.3, 0.4) is 0 Å². The van der Waals surface area contributed by atoms with Gasteiger partial charge in [0.15, 0.2) is 0 Å². The number of amides is 1. The van der Waals surface area contributed by atoms with Crippen LogP contribution in [0.2, 0.25) is 0 Å². The molecule has 0 aliphatic heterocycles. The molecule has 0 spiro atoms. The van der Waals surface area contributed by atoms with Crippen LogP contribution < -0.4 is 20.9 Å². The second kappa shape index (κ2) is 10.5. The number of carbonyl (C=O) groups excluding carboxylic acids is 1. The molecule has 2 heterocycles. The molecule has 0 unspecified atom stereocenters. The molecule has 1 saturated carbocycles. The number of carbonyl (C=O) groups is 1. The fourth-order valence-electron chi connectivity index (χ4n) is 3.69. The smallest absolute Gasteiger partial charge is 0.407 e. The molecule has 3 N–H and O–H groups in total. The van der Waals surface area contributed by atoms with Gasteiger partial charge in [0.1, 0.15) is 17.2 Å². The van der Waals surface area contributed by atoms with Crippen molar-refractivity contribution >= 4 is 29.4 Å². The molecule has 0 bridgehead atoms. The quantitative estimate of drug-likeness (QED) is 0.523. The lowest BCUT2D eigenvalue weighted by Crippen LogP contribution is -2.34. The molecule has 2 aromatic rings. The molecule has 1 fully saturated rings. The average molecular weight is 442 g/mol. The number of ether oxygens (including phenoxy) is 1. The van der Waals surface area contributed by atoms with Gasteiger partial charge in [-0.15, -0.1) is 0 Å². The minimum Gasteiger partial charge on any atom is -0.444 e. The van der Waals surface area contributed by atoms with Gasteiger partial charge in [0, 0.05) is 37.9 Å². The van der Waals surface area contributed by atoms with E-state index < -0.39 is 11.7 Å². The molecule has 32 heavy (non-hydrogen) atoms. The Morgan fingerprint density at radius 3 is 2.56 bits per heavy atom. The van der Waals surface area contributed by atoms with Crippen LogP contribution in [-0.2, 0) is 4.74 Å². The lowest BCUT2D eigenvalue weighted by Gasteiger charge is -2.27. The normalized spacial score (nSPS) is 14.2. The zero-order valence-electron chi connectivity index (χ0n) is 19.7. The van der Waals surface area contributed by atoms with Gasteiger partial charge in [-0.3, -0.25) is 0 Å². The molecule has 3 rings (SSSR count). The molecular formula is C23H35N7O2. The van der Waals surface area contributed by atoms with E-state index >= 15 is 0 Å². The minimum absolute atomic E-state index is 0.423. The van der Waals surface area contributed by atoms with Crippen molar-refractivity contribution in [1.29, 1.82) is 0 Å². The number of hydrogen-bond donors (Lipinski definition) is 3. The van der Waals surface area contributed by atoms with Crippen LogP contribution in [0.5, 0.6) is 0 Å². The predicted molar refractivity (Wildman–Crippen MR) is 128 cm³/mol. The van der Waals surface area contributed by atoms with Crippen molar-refractivity contribution in [2.75, 3.05) is 35.7 Å². The molecule has 2 aromatic heterocycles. The molecule has 174 valence electrons. The molecule has 1 amide bonds. The van der Waals surface area contributed by atoms with Gasteiger partial charge in [-0.25, -0.2) is 14.8 Å². The van der Waals surface area contributed by atoms with Crippen molar-refractivity contribution in [3.8, 4) is 0 Å². The summed E-state index contributed by atoms with van der Waals surface area (Å²) in [5, 5.41) is 9.12. The number of alkyl carbamates (subject to hydrolysis) is 1. The van der Waals surface area contributed by atoms with Gasteiger partial charge in [0.25, 0.3) is 0 Å². The lowest BCUT2D eigenvalue weighted by atomic mass is 10.2. The summed E-state index contributed by atoms with van der Waals surface area (Å²) in [4.78, 5) is 27.5. The van der Waals surface area contributed by atoms with E-state index in [1.165, 1.54) is 25.7 Å².